The SMILES string of the molecule is CC/C=C\C/C=C\C/C=C\C/C=C\C/C=C\C/C=C\CCCCC(=O)OC(COC(=O)CCCCCCCCCCCCCC/C=C\C/C=C\C/C=C\CCCCCCC)COC(=O)CCCCCCCCCCCCCCCCC. The van der Waals surface area contributed by atoms with Crippen molar-refractivity contribution < 1.29 is 28.6 Å². The van der Waals surface area contributed by atoms with Gasteiger partial charge < -0.3 is 14.2 Å². The van der Waals surface area contributed by atoms with Crippen molar-refractivity contribution in [3.63, 3.8) is 0 Å². The number of ether oxygens (including phenoxy) is 3. The minimum atomic E-state index is -0.804. The zero-order chi connectivity index (χ0) is 58.5. The first kappa shape index (κ1) is 77.1. The Morgan fingerprint density at radius 3 is 0.778 bits per heavy atom. The van der Waals surface area contributed by atoms with E-state index in [1.165, 1.54) is 180 Å². The molecule has 0 radical (unpaired) electrons. The molecule has 0 heterocycles. The van der Waals surface area contributed by atoms with E-state index in [1.807, 2.05) is 0 Å². The Bertz CT molecular complexity index is 1620. The molecular weight excluding hydrogens is 997 g/mol. The second-order valence-corrected chi connectivity index (χ2v) is 22.7. The van der Waals surface area contributed by atoms with Crippen LogP contribution in [0.3, 0.4) is 0 Å². The Hall–Kier alpha value is -3.93. The highest BCUT2D eigenvalue weighted by atomic mass is 16.6. The van der Waals surface area contributed by atoms with E-state index in [9.17, 15) is 14.4 Å². The van der Waals surface area contributed by atoms with Gasteiger partial charge in [0, 0.05) is 19.3 Å². The number of allylic oxidation sites excluding steroid dienone is 18. The van der Waals surface area contributed by atoms with Gasteiger partial charge in [0.25, 0.3) is 0 Å². The summed E-state index contributed by atoms with van der Waals surface area (Å²) in [6.07, 6.45) is 93.9. The highest BCUT2D eigenvalue weighted by Crippen LogP contribution is 2.17. The molecule has 81 heavy (non-hydrogen) atoms. The number of carbonyl (C=O) groups is 3. The molecule has 0 aliphatic carbocycles. The summed E-state index contributed by atoms with van der Waals surface area (Å²) < 4.78 is 16.9. The molecule has 1 unspecified atom stereocenters. The molecule has 0 fully saturated rings. The molecule has 0 saturated carbocycles. The minimum absolute atomic E-state index is 0.0942. The van der Waals surface area contributed by atoms with Crippen molar-refractivity contribution in [1.82, 2.24) is 0 Å². The Morgan fingerprint density at radius 2 is 0.481 bits per heavy atom. The van der Waals surface area contributed by atoms with Crippen LogP contribution in [0.25, 0.3) is 0 Å². The third-order valence-corrected chi connectivity index (χ3v) is 14.8. The molecule has 0 saturated heterocycles. The number of hydrogen-bond donors (Lipinski definition) is 0. The third-order valence-electron chi connectivity index (χ3n) is 14.8. The van der Waals surface area contributed by atoms with E-state index in [0.29, 0.717) is 19.3 Å². The van der Waals surface area contributed by atoms with Crippen LogP contribution in [0, 0.1) is 0 Å². The van der Waals surface area contributed by atoms with Crippen molar-refractivity contribution >= 4 is 17.9 Å². The first-order valence-corrected chi connectivity index (χ1v) is 34.4. The van der Waals surface area contributed by atoms with Gasteiger partial charge in [0.1, 0.15) is 13.2 Å². The second kappa shape index (κ2) is 68.6. The lowest BCUT2D eigenvalue weighted by Crippen LogP contribution is -2.30. The zero-order valence-corrected chi connectivity index (χ0v) is 53.3. The molecule has 0 spiro atoms. The van der Waals surface area contributed by atoms with Crippen molar-refractivity contribution in [3.05, 3.63) is 109 Å². The number of hydrogen-bond acceptors (Lipinski definition) is 6. The summed E-state index contributed by atoms with van der Waals surface area (Å²) in [5.74, 6) is -0.927. The second-order valence-electron chi connectivity index (χ2n) is 22.7. The quantitative estimate of drug-likeness (QED) is 0.0261. The van der Waals surface area contributed by atoms with E-state index in [-0.39, 0.29) is 37.5 Å². The van der Waals surface area contributed by atoms with Crippen LogP contribution in [0.1, 0.15) is 329 Å². The smallest absolute Gasteiger partial charge is 0.306 e. The van der Waals surface area contributed by atoms with Gasteiger partial charge in [0.05, 0.1) is 0 Å². The van der Waals surface area contributed by atoms with E-state index in [4.69, 9.17) is 14.2 Å². The third kappa shape index (κ3) is 66.8. The highest BCUT2D eigenvalue weighted by Gasteiger charge is 2.19. The maximum absolute atomic E-state index is 12.9. The molecule has 0 aliphatic heterocycles. The van der Waals surface area contributed by atoms with Crippen LogP contribution in [0.2, 0.25) is 0 Å². The van der Waals surface area contributed by atoms with Crippen molar-refractivity contribution in [1.29, 1.82) is 0 Å². The van der Waals surface area contributed by atoms with Gasteiger partial charge in [0.15, 0.2) is 6.10 Å². The molecule has 1 atom stereocenters. The predicted molar refractivity (Wildman–Crippen MR) is 353 cm³/mol. The topological polar surface area (TPSA) is 78.9 Å². The molecule has 0 bridgehead atoms. The summed E-state index contributed by atoms with van der Waals surface area (Å²) >= 11 is 0. The Labute approximate surface area is 501 Å². The van der Waals surface area contributed by atoms with Gasteiger partial charge in [-0.15, -0.1) is 0 Å². The van der Waals surface area contributed by atoms with Crippen LogP contribution < -0.4 is 0 Å². The van der Waals surface area contributed by atoms with Gasteiger partial charge in [-0.05, 0) is 109 Å². The fraction of sp³-hybridized carbons (Fsp3) is 0.720. The van der Waals surface area contributed by atoms with Crippen LogP contribution in [0.15, 0.2) is 109 Å². The molecule has 0 N–H and O–H groups in total. The van der Waals surface area contributed by atoms with Crippen LogP contribution in [0.5, 0.6) is 0 Å². The lowest BCUT2D eigenvalue weighted by Gasteiger charge is -2.18. The van der Waals surface area contributed by atoms with Gasteiger partial charge in [-0.3, -0.25) is 14.4 Å². The molecule has 0 aromatic carbocycles. The van der Waals surface area contributed by atoms with Gasteiger partial charge in [-0.1, -0.05) is 310 Å². The number of rotatable bonds is 62. The fourth-order valence-electron chi connectivity index (χ4n) is 9.63. The molecular formula is C75H128O6. The zero-order valence-electron chi connectivity index (χ0n) is 53.3. The summed E-state index contributed by atoms with van der Waals surface area (Å²) in [5, 5.41) is 0. The lowest BCUT2D eigenvalue weighted by atomic mass is 10.0. The summed E-state index contributed by atoms with van der Waals surface area (Å²) in [6, 6.07) is 0. The van der Waals surface area contributed by atoms with E-state index in [1.54, 1.807) is 0 Å². The van der Waals surface area contributed by atoms with Crippen molar-refractivity contribution in [2.75, 3.05) is 13.2 Å². The van der Waals surface area contributed by atoms with Crippen LogP contribution >= 0.6 is 0 Å². The average molecular weight is 1130 g/mol. The molecule has 6 heteroatoms. The summed E-state index contributed by atoms with van der Waals surface area (Å²) in [5.41, 5.74) is 0. The van der Waals surface area contributed by atoms with Crippen LogP contribution in [-0.4, -0.2) is 37.2 Å². The first-order valence-electron chi connectivity index (χ1n) is 34.4. The predicted octanol–water partition coefficient (Wildman–Crippen LogP) is 23.8. The molecule has 0 aliphatic rings. The lowest BCUT2D eigenvalue weighted by molar-refractivity contribution is -0.167. The molecule has 464 valence electrons. The van der Waals surface area contributed by atoms with Gasteiger partial charge in [0.2, 0.25) is 0 Å². The Balaban J connectivity index is 4.39. The van der Waals surface area contributed by atoms with Crippen LogP contribution in [0.4, 0.5) is 0 Å². The van der Waals surface area contributed by atoms with Crippen molar-refractivity contribution in [2.45, 2.75) is 335 Å². The highest BCUT2D eigenvalue weighted by molar-refractivity contribution is 5.71. The number of carbonyl (C=O) groups excluding carboxylic acids is 3. The summed E-state index contributed by atoms with van der Waals surface area (Å²) in [4.78, 5) is 38.4. The Morgan fingerprint density at radius 1 is 0.259 bits per heavy atom. The molecule has 0 aromatic heterocycles. The fourth-order valence-corrected chi connectivity index (χ4v) is 9.63. The van der Waals surface area contributed by atoms with Gasteiger partial charge in [-0.2, -0.15) is 0 Å². The minimum Gasteiger partial charge on any atom is -0.462 e. The van der Waals surface area contributed by atoms with E-state index < -0.39 is 6.10 Å². The largest absolute Gasteiger partial charge is 0.462 e. The summed E-state index contributed by atoms with van der Waals surface area (Å²) in [7, 11) is 0. The monoisotopic (exact) mass is 1120 g/mol. The molecule has 6 nitrogen and oxygen atoms in total. The Kier molecular flexibility index (Phi) is 65.2. The van der Waals surface area contributed by atoms with Gasteiger partial charge in [-0.25, -0.2) is 0 Å². The number of unbranched alkanes of at least 4 members (excludes halogenated alkanes) is 33. The first-order chi connectivity index (χ1) is 40.0. The number of esters is 3. The molecule has 0 aromatic rings. The van der Waals surface area contributed by atoms with E-state index in [2.05, 4.69) is 130 Å². The van der Waals surface area contributed by atoms with E-state index in [0.717, 1.165) is 103 Å². The molecule has 0 rings (SSSR count). The van der Waals surface area contributed by atoms with Crippen molar-refractivity contribution in [3.8, 4) is 0 Å². The maximum atomic E-state index is 12.9. The van der Waals surface area contributed by atoms with E-state index >= 15 is 0 Å². The average Bonchev–Trinajstić information content (AvgIpc) is 3.47. The van der Waals surface area contributed by atoms with Crippen LogP contribution in [-0.2, 0) is 28.6 Å². The molecule has 0 amide bonds. The van der Waals surface area contributed by atoms with Gasteiger partial charge >= 0.3 is 17.9 Å². The normalized spacial score (nSPS) is 12.8. The van der Waals surface area contributed by atoms with Crippen molar-refractivity contribution in [2.24, 2.45) is 0 Å². The standard InChI is InChI=1S/C75H128O6/c1-4-7-10-13-16-19-22-25-28-30-32-34-35-36-37-38-39-41-42-44-47-50-53-56-59-62-65-68-74(77)80-71-72(70-79-73(76)67-64-61-58-55-52-49-46-27-24-21-18-15-12-9-6-3)81-75(78)69-66-63-60-57-54-51-48-45-43-40-33-31-29-26-23-20-17-14-11-8-5-2/h8,11,17,20,22,25-26,29-30,32-33,35-36,40,45,48,54,57,72H,4-7,9-10,12-16,18-19,21,23-24,27-28,31,34,37-39,41-44,46-47,49-53,55-56,58-71H2,1-3H3/b11-8-,20-17-,25-22-,29-26-,32-30-,36-35-,40-33-,48-45-,57-54-. The summed E-state index contributed by atoms with van der Waals surface area (Å²) in [6.45, 7) is 6.51. The maximum Gasteiger partial charge on any atom is 0.306 e.